The molecule has 4 nitrogen and oxygen atoms in total. The third-order valence-electron chi connectivity index (χ3n) is 2.61. The molecule has 0 atom stereocenters. The van der Waals surface area contributed by atoms with Gasteiger partial charge in [0.05, 0.1) is 6.61 Å². The summed E-state index contributed by atoms with van der Waals surface area (Å²) < 4.78 is 32.9. The van der Waals surface area contributed by atoms with Gasteiger partial charge in [-0.2, -0.15) is 0 Å². The van der Waals surface area contributed by atoms with Crippen LogP contribution in [-0.4, -0.2) is 37.9 Å². The van der Waals surface area contributed by atoms with Gasteiger partial charge >= 0.3 is 5.97 Å². The van der Waals surface area contributed by atoms with E-state index in [9.17, 15) is 13.6 Å². The number of hydrogen-bond donors (Lipinski definition) is 1. The van der Waals surface area contributed by atoms with Crippen molar-refractivity contribution in [2.24, 2.45) is 0 Å². The largest absolute Gasteiger partial charge is 0.478 e. The van der Waals surface area contributed by atoms with E-state index in [0.29, 0.717) is 19.8 Å². The van der Waals surface area contributed by atoms with Gasteiger partial charge in [-0.1, -0.05) is 0 Å². The second kappa shape index (κ2) is 7.59. The van der Waals surface area contributed by atoms with Crippen molar-refractivity contribution >= 4 is 17.7 Å². The number of ether oxygens (including phenoxy) is 1. The van der Waals surface area contributed by atoms with Crippen molar-refractivity contribution in [1.82, 2.24) is 0 Å². The smallest absolute Gasteiger partial charge is 0.328 e. The molecule has 0 heterocycles. The molecule has 0 fully saturated rings. The molecule has 1 rings (SSSR count). The first-order chi connectivity index (χ1) is 9.45. The fourth-order valence-corrected chi connectivity index (χ4v) is 1.67. The fraction of sp³-hybridized carbons (Fsp3) is 0.357. The summed E-state index contributed by atoms with van der Waals surface area (Å²) in [6.07, 6.45) is 1.96. The fourth-order valence-electron chi connectivity index (χ4n) is 1.67. The van der Waals surface area contributed by atoms with E-state index in [1.807, 2.05) is 6.92 Å². The van der Waals surface area contributed by atoms with E-state index in [0.717, 1.165) is 24.3 Å². The summed E-state index contributed by atoms with van der Waals surface area (Å²) in [5.74, 6) is -2.66. The molecule has 0 amide bonds. The van der Waals surface area contributed by atoms with Crippen LogP contribution in [0, 0.1) is 11.6 Å². The SMILES string of the molecule is CCOCCN(C)c1c(F)cc(/C=C/C(=O)O)cc1F. The number of carboxylic acid groups (broad SMARTS) is 1. The van der Waals surface area contributed by atoms with Gasteiger partial charge in [0.1, 0.15) is 17.3 Å². The summed E-state index contributed by atoms with van der Waals surface area (Å²) in [7, 11) is 1.56. The third-order valence-corrected chi connectivity index (χ3v) is 2.61. The summed E-state index contributed by atoms with van der Waals surface area (Å²) in [5, 5.41) is 8.48. The van der Waals surface area contributed by atoms with E-state index in [4.69, 9.17) is 9.84 Å². The van der Waals surface area contributed by atoms with Crippen molar-refractivity contribution in [2.75, 3.05) is 31.7 Å². The Bertz CT molecular complexity index is 480. The highest BCUT2D eigenvalue weighted by atomic mass is 19.1. The van der Waals surface area contributed by atoms with E-state index in [1.165, 1.54) is 4.90 Å². The highest BCUT2D eigenvalue weighted by Crippen LogP contribution is 2.24. The highest BCUT2D eigenvalue weighted by Gasteiger charge is 2.14. The van der Waals surface area contributed by atoms with E-state index in [2.05, 4.69) is 0 Å². The second-order valence-corrected chi connectivity index (χ2v) is 4.12. The van der Waals surface area contributed by atoms with E-state index < -0.39 is 17.6 Å². The zero-order valence-corrected chi connectivity index (χ0v) is 11.4. The molecule has 1 aromatic rings. The first-order valence-corrected chi connectivity index (χ1v) is 6.14. The number of halogens is 2. The van der Waals surface area contributed by atoms with E-state index in [1.54, 1.807) is 7.05 Å². The Balaban J connectivity index is 2.91. The average molecular weight is 285 g/mol. The molecular weight excluding hydrogens is 268 g/mol. The molecular formula is C14H17F2NO3. The van der Waals surface area contributed by atoms with Gasteiger partial charge in [-0.15, -0.1) is 0 Å². The number of hydrogen-bond acceptors (Lipinski definition) is 3. The molecule has 6 heteroatoms. The van der Waals surface area contributed by atoms with Crippen LogP contribution in [0.1, 0.15) is 12.5 Å². The van der Waals surface area contributed by atoms with Gasteiger partial charge in [0.2, 0.25) is 0 Å². The minimum absolute atomic E-state index is 0.155. The lowest BCUT2D eigenvalue weighted by Gasteiger charge is -2.20. The van der Waals surface area contributed by atoms with Gasteiger partial charge in [-0.05, 0) is 30.7 Å². The quantitative estimate of drug-likeness (QED) is 0.618. The van der Waals surface area contributed by atoms with Gasteiger partial charge in [-0.25, -0.2) is 13.6 Å². The van der Waals surface area contributed by atoms with E-state index >= 15 is 0 Å². The van der Waals surface area contributed by atoms with Crippen molar-refractivity contribution in [3.8, 4) is 0 Å². The Morgan fingerprint density at radius 1 is 1.40 bits per heavy atom. The molecule has 0 unspecified atom stereocenters. The number of carbonyl (C=O) groups is 1. The van der Waals surface area contributed by atoms with Crippen molar-refractivity contribution in [2.45, 2.75) is 6.92 Å². The highest BCUT2D eigenvalue weighted by molar-refractivity contribution is 5.85. The monoisotopic (exact) mass is 285 g/mol. The van der Waals surface area contributed by atoms with Crippen LogP contribution in [0.5, 0.6) is 0 Å². The van der Waals surface area contributed by atoms with Crippen LogP contribution < -0.4 is 4.90 Å². The summed E-state index contributed by atoms with van der Waals surface area (Å²) in [5.41, 5.74) is 0.00142. The zero-order chi connectivity index (χ0) is 15.1. The van der Waals surface area contributed by atoms with Gasteiger partial charge in [-0.3, -0.25) is 0 Å². The van der Waals surface area contributed by atoms with Crippen molar-refractivity contribution in [1.29, 1.82) is 0 Å². The third kappa shape index (κ3) is 4.62. The first kappa shape index (κ1) is 16.1. The summed E-state index contributed by atoms with van der Waals surface area (Å²) in [6.45, 7) is 3.10. The maximum absolute atomic E-state index is 13.9. The molecule has 0 spiro atoms. The molecule has 0 saturated heterocycles. The van der Waals surface area contributed by atoms with Gasteiger partial charge in [0.25, 0.3) is 0 Å². The summed E-state index contributed by atoms with van der Waals surface area (Å²) in [4.78, 5) is 11.8. The van der Waals surface area contributed by atoms with Crippen molar-refractivity contribution in [3.63, 3.8) is 0 Å². The van der Waals surface area contributed by atoms with Crippen molar-refractivity contribution in [3.05, 3.63) is 35.4 Å². The normalized spacial score (nSPS) is 11.0. The molecule has 0 saturated carbocycles. The maximum atomic E-state index is 13.9. The van der Waals surface area contributed by atoms with Crippen LogP contribution in [0.15, 0.2) is 18.2 Å². The van der Waals surface area contributed by atoms with Crippen LogP contribution in [0.25, 0.3) is 6.08 Å². The molecule has 1 N–H and O–H groups in total. The predicted molar refractivity (Wildman–Crippen MR) is 72.8 cm³/mol. The minimum Gasteiger partial charge on any atom is -0.478 e. The Hall–Kier alpha value is -1.95. The van der Waals surface area contributed by atoms with Crippen LogP contribution >= 0.6 is 0 Å². The molecule has 0 aliphatic carbocycles. The molecule has 0 aromatic heterocycles. The summed E-state index contributed by atoms with van der Waals surface area (Å²) >= 11 is 0. The summed E-state index contributed by atoms with van der Waals surface area (Å²) in [6, 6.07) is 2.18. The Morgan fingerprint density at radius 3 is 2.50 bits per heavy atom. The standard InChI is InChI=1S/C14H17F2NO3/c1-3-20-7-6-17(2)14-11(15)8-10(9-12(14)16)4-5-13(18)19/h4-5,8-9H,3,6-7H2,1-2H3,(H,18,19)/b5-4+. The van der Waals surface area contributed by atoms with Crippen LogP contribution in [0.3, 0.4) is 0 Å². The average Bonchev–Trinajstić information content (AvgIpc) is 2.36. The molecule has 20 heavy (non-hydrogen) atoms. The lowest BCUT2D eigenvalue weighted by Crippen LogP contribution is -2.24. The Kier molecular flexibility index (Phi) is 6.11. The maximum Gasteiger partial charge on any atom is 0.328 e. The molecule has 0 aliphatic rings. The number of rotatable bonds is 7. The zero-order valence-electron chi connectivity index (χ0n) is 11.4. The predicted octanol–water partition coefficient (Wildman–Crippen LogP) is 2.54. The van der Waals surface area contributed by atoms with Crippen LogP contribution in [0.2, 0.25) is 0 Å². The number of likely N-dealkylation sites (N-methyl/N-ethyl adjacent to an activating group) is 1. The number of carboxylic acids is 1. The Labute approximate surface area is 116 Å². The van der Waals surface area contributed by atoms with Gasteiger partial charge in [0, 0.05) is 26.3 Å². The molecule has 0 radical (unpaired) electrons. The second-order valence-electron chi connectivity index (χ2n) is 4.12. The number of anilines is 1. The minimum atomic E-state index is -1.18. The van der Waals surface area contributed by atoms with Crippen molar-refractivity contribution < 1.29 is 23.4 Å². The van der Waals surface area contributed by atoms with E-state index in [-0.39, 0.29) is 11.3 Å². The number of aliphatic carboxylic acids is 1. The number of benzene rings is 1. The van der Waals surface area contributed by atoms with Crippen LogP contribution in [0.4, 0.5) is 14.5 Å². The molecule has 0 aliphatic heterocycles. The lowest BCUT2D eigenvalue weighted by atomic mass is 10.1. The van der Waals surface area contributed by atoms with Crippen LogP contribution in [-0.2, 0) is 9.53 Å². The molecule has 0 bridgehead atoms. The lowest BCUT2D eigenvalue weighted by molar-refractivity contribution is -0.131. The Morgan fingerprint density at radius 2 is 2.00 bits per heavy atom. The van der Waals surface area contributed by atoms with Gasteiger partial charge in [0.15, 0.2) is 0 Å². The number of nitrogens with zero attached hydrogens (tertiary/aromatic N) is 1. The van der Waals surface area contributed by atoms with Gasteiger partial charge < -0.3 is 14.7 Å². The molecule has 1 aromatic carbocycles. The topological polar surface area (TPSA) is 49.8 Å². The molecule has 110 valence electrons. The first-order valence-electron chi connectivity index (χ1n) is 6.14.